The molecule has 0 spiro atoms. The Hall–Kier alpha value is -1.39. The number of hydrogen-bond acceptors (Lipinski definition) is 4. The van der Waals surface area contributed by atoms with E-state index in [2.05, 4.69) is 42.8 Å². The first-order chi connectivity index (χ1) is 10.7. The number of aliphatic imine (C=N–C) groups is 1. The molecule has 1 aliphatic carbocycles. The topological polar surface area (TPSA) is 34.1 Å². The first-order valence-electron chi connectivity index (χ1n) is 8.34. The Morgan fingerprint density at radius 2 is 2.32 bits per heavy atom. The molecule has 4 nitrogen and oxygen atoms in total. The van der Waals surface area contributed by atoms with Crippen molar-refractivity contribution in [2.24, 2.45) is 10.9 Å². The molecule has 0 aromatic carbocycles. The molecule has 0 bridgehead atoms. The fraction of sp³-hybridized carbons (Fsp3) is 0.611. The van der Waals surface area contributed by atoms with Crippen LogP contribution in [0.4, 0.5) is 0 Å². The molecule has 0 saturated carbocycles. The highest BCUT2D eigenvalue weighted by atomic mass is 16.5. The lowest BCUT2D eigenvalue weighted by Gasteiger charge is -2.37. The van der Waals surface area contributed by atoms with Crippen molar-refractivity contribution in [3.05, 3.63) is 35.3 Å². The predicted octanol–water partition coefficient (Wildman–Crippen LogP) is 3.28. The van der Waals surface area contributed by atoms with Crippen LogP contribution in [0.1, 0.15) is 33.6 Å². The maximum atomic E-state index is 6.08. The van der Waals surface area contributed by atoms with Gasteiger partial charge in [0.2, 0.25) is 0 Å². The second-order valence-electron chi connectivity index (χ2n) is 6.20. The van der Waals surface area contributed by atoms with E-state index in [4.69, 9.17) is 9.47 Å². The average molecular weight is 302 g/mol. The SMILES string of the molecule is CCOC(CC)CN1COC2=C(C=C(C)C3CC=CN=C23)C1. The van der Waals surface area contributed by atoms with Crippen LogP contribution in [-0.4, -0.2) is 43.1 Å². The van der Waals surface area contributed by atoms with Gasteiger partial charge in [0.05, 0.1) is 11.8 Å². The van der Waals surface area contributed by atoms with Crippen molar-refractivity contribution >= 4 is 5.71 Å². The van der Waals surface area contributed by atoms with E-state index >= 15 is 0 Å². The highest BCUT2D eigenvalue weighted by molar-refractivity contribution is 6.05. The minimum absolute atomic E-state index is 0.284. The molecule has 0 amide bonds. The van der Waals surface area contributed by atoms with Crippen molar-refractivity contribution in [3.63, 3.8) is 0 Å². The molecule has 4 heteroatoms. The average Bonchev–Trinajstić information content (AvgIpc) is 2.54. The van der Waals surface area contributed by atoms with Gasteiger partial charge >= 0.3 is 0 Å². The zero-order valence-corrected chi connectivity index (χ0v) is 13.8. The second-order valence-corrected chi connectivity index (χ2v) is 6.20. The van der Waals surface area contributed by atoms with Gasteiger partial charge in [0, 0.05) is 37.4 Å². The van der Waals surface area contributed by atoms with Gasteiger partial charge in [-0.2, -0.15) is 0 Å². The normalized spacial score (nSPS) is 25.9. The molecule has 2 unspecified atom stereocenters. The summed E-state index contributed by atoms with van der Waals surface area (Å²) >= 11 is 0. The maximum Gasteiger partial charge on any atom is 0.147 e. The molecular weight excluding hydrogens is 276 g/mol. The summed E-state index contributed by atoms with van der Waals surface area (Å²) in [6.45, 7) is 9.68. The van der Waals surface area contributed by atoms with Gasteiger partial charge < -0.3 is 9.47 Å². The summed E-state index contributed by atoms with van der Waals surface area (Å²) in [4.78, 5) is 6.91. The van der Waals surface area contributed by atoms with E-state index in [1.165, 1.54) is 11.1 Å². The van der Waals surface area contributed by atoms with Crippen molar-refractivity contribution in [1.29, 1.82) is 0 Å². The fourth-order valence-electron chi connectivity index (χ4n) is 3.42. The van der Waals surface area contributed by atoms with Gasteiger partial charge in [-0.15, -0.1) is 0 Å². The van der Waals surface area contributed by atoms with Crippen LogP contribution in [0.3, 0.4) is 0 Å². The first kappa shape index (κ1) is 15.5. The van der Waals surface area contributed by atoms with Gasteiger partial charge in [-0.05, 0) is 26.7 Å². The summed E-state index contributed by atoms with van der Waals surface area (Å²) in [5.41, 5.74) is 3.78. The summed E-state index contributed by atoms with van der Waals surface area (Å²) in [6.07, 6.45) is 8.70. The summed E-state index contributed by atoms with van der Waals surface area (Å²) in [5, 5.41) is 0. The standard InChI is InChI=1S/C18H26N2O2/c1-4-15(21-5-2)11-20-10-14-9-13(3)16-7-6-8-19-17(16)18(14)22-12-20/h6,8-9,15-16H,4-5,7,10-12H2,1-3H3. The Morgan fingerprint density at radius 3 is 3.09 bits per heavy atom. The largest absolute Gasteiger partial charge is 0.476 e. The Bertz CT molecular complexity index is 545. The number of hydrogen-bond donors (Lipinski definition) is 0. The molecule has 2 atom stereocenters. The number of allylic oxidation sites excluding steroid dienone is 3. The van der Waals surface area contributed by atoms with Crippen molar-refractivity contribution in [2.75, 3.05) is 26.4 Å². The van der Waals surface area contributed by atoms with E-state index in [-0.39, 0.29) is 6.10 Å². The minimum atomic E-state index is 0.284. The van der Waals surface area contributed by atoms with Gasteiger partial charge in [-0.3, -0.25) is 9.89 Å². The highest BCUT2D eigenvalue weighted by Gasteiger charge is 2.33. The molecule has 2 aliphatic heterocycles. The summed E-state index contributed by atoms with van der Waals surface area (Å²) in [5.74, 6) is 1.42. The van der Waals surface area contributed by atoms with Gasteiger partial charge in [-0.1, -0.05) is 24.6 Å². The van der Waals surface area contributed by atoms with Crippen LogP contribution in [0.2, 0.25) is 0 Å². The molecule has 120 valence electrons. The molecule has 0 aromatic rings. The second kappa shape index (κ2) is 6.80. The predicted molar refractivity (Wildman–Crippen MR) is 88.7 cm³/mol. The first-order valence-corrected chi connectivity index (χ1v) is 8.34. The molecule has 0 N–H and O–H groups in total. The van der Waals surface area contributed by atoms with Gasteiger partial charge in [-0.25, -0.2) is 0 Å². The van der Waals surface area contributed by atoms with Crippen LogP contribution >= 0.6 is 0 Å². The highest BCUT2D eigenvalue weighted by Crippen LogP contribution is 2.34. The number of ether oxygens (including phenoxy) is 2. The lowest BCUT2D eigenvalue weighted by molar-refractivity contribution is -0.00442. The molecule has 0 fully saturated rings. The van der Waals surface area contributed by atoms with Crippen LogP contribution in [0.5, 0.6) is 0 Å². The third kappa shape index (κ3) is 3.03. The fourth-order valence-corrected chi connectivity index (χ4v) is 3.42. The number of nitrogens with zero attached hydrogens (tertiary/aromatic N) is 2. The molecule has 0 aromatic heterocycles. The zero-order chi connectivity index (χ0) is 15.5. The van der Waals surface area contributed by atoms with Crippen LogP contribution in [0.15, 0.2) is 40.2 Å². The third-order valence-electron chi connectivity index (χ3n) is 4.60. The molecular formula is C18H26N2O2. The summed E-state index contributed by atoms with van der Waals surface area (Å²) < 4.78 is 11.9. The van der Waals surface area contributed by atoms with E-state index in [9.17, 15) is 0 Å². The monoisotopic (exact) mass is 302 g/mol. The van der Waals surface area contributed by atoms with E-state index in [0.717, 1.165) is 44.0 Å². The van der Waals surface area contributed by atoms with E-state index < -0.39 is 0 Å². The molecule has 22 heavy (non-hydrogen) atoms. The van der Waals surface area contributed by atoms with Crippen molar-refractivity contribution < 1.29 is 9.47 Å². The summed E-state index contributed by atoms with van der Waals surface area (Å²) in [6, 6.07) is 0. The molecule has 3 aliphatic rings. The van der Waals surface area contributed by atoms with Crippen LogP contribution in [0.25, 0.3) is 0 Å². The molecule has 2 heterocycles. The third-order valence-corrected chi connectivity index (χ3v) is 4.60. The Morgan fingerprint density at radius 1 is 1.45 bits per heavy atom. The zero-order valence-electron chi connectivity index (χ0n) is 13.8. The van der Waals surface area contributed by atoms with Crippen molar-refractivity contribution in [2.45, 2.75) is 39.7 Å². The van der Waals surface area contributed by atoms with Gasteiger partial charge in [0.15, 0.2) is 0 Å². The van der Waals surface area contributed by atoms with Crippen LogP contribution < -0.4 is 0 Å². The summed E-state index contributed by atoms with van der Waals surface area (Å²) in [7, 11) is 0. The Labute approximate surface area is 133 Å². The van der Waals surface area contributed by atoms with E-state index in [0.29, 0.717) is 12.6 Å². The number of rotatable bonds is 5. The molecule has 3 rings (SSSR count). The number of fused-ring (bicyclic) bond motifs is 2. The van der Waals surface area contributed by atoms with E-state index in [1.54, 1.807) is 0 Å². The molecule has 0 radical (unpaired) electrons. The van der Waals surface area contributed by atoms with Crippen LogP contribution in [-0.2, 0) is 9.47 Å². The van der Waals surface area contributed by atoms with Gasteiger partial charge in [0.1, 0.15) is 12.5 Å². The molecule has 0 saturated heterocycles. The van der Waals surface area contributed by atoms with Crippen molar-refractivity contribution in [3.8, 4) is 0 Å². The minimum Gasteiger partial charge on any atom is -0.476 e. The quantitative estimate of drug-likeness (QED) is 0.781. The Balaban J connectivity index is 1.74. The smallest absolute Gasteiger partial charge is 0.147 e. The van der Waals surface area contributed by atoms with Gasteiger partial charge in [0.25, 0.3) is 0 Å². The Kier molecular flexibility index (Phi) is 4.79. The maximum absolute atomic E-state index is 6.08. The lowest BCUT2D eigenvalue weighted by atomic mass is 9.82. The van der Waals surface area contributed by atoms with E-state index in [1.807, 2.05) is 6.20 Å². The van der Waals surface area contributed by atoms with Crippen LogP contribution in [0, 0.1) is 5.92 Å². The van der Waals surface area contributed by atoms with Crippen molar-refractivity contribution in [1.82, 2.24) is 4.90 Å². The lowest BCUT2D eigenvalue weighted by Crippen LogP contribution is -2.42.